The lowest BCUT2D eigenvalue weighted by atomic mass is 9.99. The standard InChI is InChI=1S/C26H29N5O.C7H7F/c1-19-17-30(18-27-19)24-12-11-20(15-25(24)32-2)14-22-10-7-13-31-26(22)29-23(16-28-31)21-8-5-3-4-6-9-21;1-6-2-4-7(8)5-3-6/h3,5-6,8-9,11-12,14-15,17-18,23,28H,4,7,10,13,16H2,1-2H3;2-5H,1H3/b22-14+;. The van der Waals surface area contributed by atoms with Gasteiger partial charge < -0.3 is 9.30 Å². The first-order valence-corrected chi connectivity index (χ1v) is 13.7. The molecule has 3 aliphatic rings. The second-order valence-electron chi connectivity index (χ2n) is 10.1. The van der Waals surface area contributed by atoms with E-state index in [9.17, 15) is 4.39 Å². The molecule has 6 rings (SSSR count). The fourth-order valence-electron chi connectivity index (χ4n) is 4.95. The molecule has 6 nitrogen and oxygen atoms in total. The number of hydrazine groups is 1. The molecule has 1 aromatic heterocycles. The predicted molar refractivity (Wildman–Crippen MR) is 160 cm³/mol. The number of aryl methyl sites for hydroxylation is 2. The smallest absolute Gasteiger partial charge is 0.143 e. The second kappa shape index (κ2) is 12.7. The third-order valence-corrected chi connectivity index (χ3v) is 7.06. The van der Waals surface area contributed by atoms with Crippen LogP contribution in [0.5, 0.6) is 5.75 Å². The SMILES string of the molecule is COc1cc(/C=C2\CCCN3NCC(C4=CC=CCC=C4)N=C23)ccc1-n1cnc(C)c1.Cc1ccc(F)cc1. The number of hydrogen-bond acceptors (Lipinski definition) is 5. The fourth-order valence-corrected chi connectivity index (χ4v) is 4.95. The summed E-state index contributed by atoms with van der Waals surface area (Å²) in [5.41, 5.74) is 10.3. The van der Waals surface area contributed by atoms with Gasteiger partial charge >= 0.3 is 0 Å². The molecule has 0 amide bonds. The van der Waals surface area contributed by atoms with Crippen molar-refractivity contribution in [2.45, 2.75) is 39.2 Å². The number of benzene rings is 2. The van der Waals surface area contributed by atoms with E-state index in [1.807, 2.05) is 30.9 Å². The van der Waals surface area contributed by atoms with Gasteiger partial charge in [-0.1, -0.05) is 54.1 Å². The van der Waals surface area contributed by atoms with Gasteiger partial charge in [0.05, 0.1) is 30.9 Å². The third kappa shape index (κ3) is 6.66. The van der Waals surface area contributed by atoms with Gasteiger partial charge in [0.2, 0.25) is 0 Å². The van der Waals surface area contributed by atoms with E-state index >= 15 is 0 Å². The van der Waals surface area contributed by atoms with Crippen LogP contribution in [0.15, 0.2) is 102 Å². The Morgan fingerprint density at radius 1 is 1.10 bits per heavy atom. The lowest BCUT2D eigenvalue weighted by Gasteiger charge is -2.38. The Morgan fingerprint density at radius 3 is 2.70 bits per heavy atom. The van der Waals surface area contributed by atoms with Crippen molar-refractivity contribution >= 4 is 11.9 Å². The number of aromatic nitrogens is 2. The van der Waals surface area contributed by atoms with Crippen LogP contribution in [0.1, 0.15) is 36.1 Å². The maximum atomic E-state index is 12.1. The summed E-state index contributed by atoms with van der Waals surface area (Å²) in [5.74, 6) is 1.71. The first kappa shape index (κ1) is 27.3. The minimum absolute atomic E-state index is 0.128. The molecule has 0 spiro atoms. The van der Waals surface area contributed by atoms with E-state index in [-0.39, 0.29) is 11.9 Å². The molecule has 206 valence electrons. The van der Waals surface area contributed by atoms with Crippen LogP contribution in [0, 0.1) is 19.7 Å². The molecule has 1 fully saturated rings. The zero-order valence-corrected chi connectivity index (χ0v) is 23.3. The first-order chi connectivity index (χ1) is 19.5. The molecule has 1 saturated heterocycles. The topological polar surface area (TPSA) is 54.7 Å². The molecule has 1 N–H and O–H groups in total. The van der Waals surface area contributed by atoms with Crippen LogP contribution in [-0.4, -0.2) is 46.6 Å². The van der Waals surface area contributed by atoms with Crippen LogP contribution in [0.25, 0.3) is 11.8 Å². The van der Waals surface area contributed by atoms with E-state index in [0.29, 0.717) is 0 Å². The zero-order chi connectivity index (χ0) is 27.9. The minimum Gasteiger partial charge on any atom is -0.495 e. The average Bonchev–Trinajstić information content (AvgIpc) is 3.22. The van der Waals surface area contributed by atoms with E-state index in [1.54, 1.807) is 19.2 Å². The summed E-state index contributed by atoms with van der Waals surface area (Å²) in [5, 5.41) is 2.21. The molecule has 2 aliphatic heterocycles. The Balaban J connectivity index is 0.000000348. The highest BCUT2D eigenvalue weighted by Gasteiger charge is 2.28. The molecule has 0 saturated carbocycles. The number of imidazole rings is 1. The highest BCUT2D eigenvalue weighted by Crippen LogP contribution is 2.29. The quantitative estimate of drug-likeness (QED) is 0.411. The van der Waals surface area contributed by atoms with Crippen LogP contribution in [0.2, 0.25) is 0 Å². The molecule has 40 heavy (non-hydrogen) atoms. The van der Waals surface area contributed by atoms with Crippen LogP contribution >= 0.6 is 0 Å². The monoisotopic (exact) mass is 537 g/mol. The number of piperidine rings is 1. The van der Waals surface area contributed by atoms with Crippen LogP contribution in [0.4, 0.5) is 4.39 Å². The van der Waals surface area contributed by atoms with Gasteiger partial charge in [0.15, 0.2) is 0 Å². The van der Waals surface area contributed by atoms with Crippen molar-refractivity contribution in [2.75, 3.05) is 20.2 Å². The van der Waals surface area contributed by atoms with Crippen molar-refractivity contribution < 1.29 is 9.13 Å². The van der Waals surface area contributed by atoms with Crippen molar-refractivity contribution in [2.24, 2.45) is 4.99 Å². The Bertz CT molecular complexity index is 1460. The molecule has 2 aromatic carbocycles. The van der Waals surface area contributed by atoms with Crippen LogP contribution < -0.4 is 10.2 Å². The molecule has 3 heterocycles. The number of amidine groups is 1. The number of fused-ring (bicyclic) bond motifs is 1. The van der Waals surface area contributed by atoms with Crippen molar-refractivity contribution in [3.05, 3.63) is 119 Å². The van der Waals surface area contributed by atoms with Crippen molar-refractivity contribution in [1.82, 2.24) is 20.0 Å². The van der Waals surface area contributed by atoms with Gasteiger partial charge in [0.1, 0.15) is 17.4 Å². The highest BCUT2D eigenvalue weighted by atomic mass is 19.1. The van der Waals surface area contributed by atoms with Crippen LogP contribution in [-0.2, 0) is 0 Å². The number of halogens is 1. The van der Waals surface area contributed by atoms with Crippen molar-refractivity contribution in [1.29, 1.82) is 0 Å². The number of hydrogen-bond donors (Lipinski definition) is 1. The number of methoxy groups -OCH3 is 1. The largest absolute Gasteiger partial charge is 0.495 e. The van der Waals surface area contributed by atoms with E-state index in [1.165, 1.54) is 23.3 Å². The highest BCUT2D eigenvalue weighted by molar-refractivity contribution is 6.03. The van der Waals surface area contributed by atoms with Gasteiger partial charge in [-0.05, 0) is 80.2 Å². The lowest BCUT2D eigenvalue weighted by molar-refractivity contribution is 0.268. The van der Waals surface area contributed by atoms with Gasteiger partial charge in [-0.15, -0.1) is 0 Å². The van der Waals surface area contributed by atoms with Gasteiger partial charge in [-0.25, -0.2) is 14.8 Å². The summed E-state index contributed by atoms with van der Waals surface area (Å²) in [6.07, 6.45) is 20.1. The third-order valence-electron chi connectivity index (χ3n) is 7.06. The molecule has 1 aliphatic carbocycles. The molecule has 0 bridgehead atoms. The Morgan fingerprint density at radius 2 is 1.95 bits per heavy atom. The van der Waals surface area contributed by atoms with Gasteiger partial charge in [-0.2, -0.15) is 0 Å². The molecular formula is C33H36FN5O. The Hall–Kier alpha value is -4.23. The van der Waals surface area contributed by atoms with E-state index in [4.69, 9.17) is 9.73 Å². The Kier molecular flexibility index (Phi) is 8.71. The van der Waals surface area contributed by atoms with Gasteiger partial charge in [0, 0.05) is 19.3 Å². The molecule has 3 aromatic rings. The Labute approximate surface area is 235 Å². The van der Waals surface area contributed by atoms with Crippen LogP contribution in [0.3, 0.4) is 0 Å². The average molecular weight is 538 g/mol. The fraction of sp³-hybridized carbons (Fsp3) is 0.273. The van der Waals surface area contributed by atoms with E-state index in [0.717, 1.165) is 66.4 Å². The summed E-state index contributed by atoms with van der Waals surface area (Å²) in [6.45, 7) is 5.73. The van der Waals surface area contributed by atoms with Crippen molar-refractivity contribution in [3.8, 4) is 11.4 Å². The number of aliphatic imine (C=N–C) groups is 1. The maximum absolute atomic E-state index is 12.1. The second-order valence-corrected chi connectivity index (χ2v) is 10.1. The van der Waals surface area contributed by atoms with Gasteiger partial charge in [0.25, 0.3) is 0 Å². The molecule has 0 radical (unpaired) electrons. The number of nitrogens with zero attached hydrogens (tertiary/aromatic N) is 4. The van der Waals surface area contributed by atoms with E-state index in [2.05, 4.69) is 70.1 Å². The number of nitrogens with one attached hydrogen (secondary N) is 1. The lowest BCUT2D eigenvalue weighted by Crippen LogP contribution is -2.53. The molecule has 7 heteroatoms. The van der Waals surface area contributed by atoms with Gasteiger partial charge in [-0.3, -0.25) is 10.0 Å². The summed E-state index contributed by atoms with van der Waals surface area (Å²) >= 11 is 0. The molecular weight excluding hydrogens is 501 g/mol. The summed E-state index contributed by atoms with van der Waals surface area (Å²) in [4.78, 5) is 9.51. The summed E-state index contributed by atoms with van der Waals surface area (Å²) < 4.78 is 19.8. The van der Waals surface area contributed by atoms with Crippen molar-refractivity contribution in [3.63, 3.8) is 0 Å². The molecule has 1 unspecified atom stereocenters. The predicted octanol–water partition coefficient (Wildman–Crippen LogP) is 6.53. The maximum Gasteiger partial charge on any atom is 0.143 e. The minimum atomic E-state index is -0.171. The number of allylic oxidation sites excluding steroid dienone is 4. The normalized spacial score (nSPS) is 19.2. The summed E-state index contributed by atoms with van der Waals surface area (Å²) in [7, 11) is 1.71. The number of rotatable bonds is 4. The summed E-state index contributed by atoms with van der Waals surface area (Å²) in [6, 6.07) is 12.8. The zero-order valence-electron chi connectivity index (χ0n) is 23.3. The molecule has 1 atom stereocenters. The first-order valence-electron chi connectivity index (χ1n) is 13.7. The van der Waals surface area contributed by atoms with E-state index < -0.39 is 0 Å². The number of ether oxygens (including phenoxy) is 1.